The second-order valence-electron chi connectivity index (χ2n) is 5.75. The average Bonchev–Trinajstić information content (AvgIpc) is 3.15. The van der Waals surface area contributed by atoms with Gasteiger partial charge in [0.25, 0.3) is 0 Å². The molecular weight excluding hydrogens is 312 g/mol. The number of carbonyl (C=O) groups is 1. The Morgan fingerprint density at radius 3 is 2.32 bits per heavy atom. The summed E-state index contributed by atoms with van der Waals surface area (Å²) in [5.41, 5.74) is 3.89. The highest BCUT2D eigenvalue weighted by Gasteiger charge is 2.14. The minimum Gasteiger partial charge on any atom is -0.454 e. The van der Waals surface area contributed by atoms with Crippen LogP contribution < -0.4 is 9.47 Å². The molecule has 0 aliphatic carbocycles. The summed E-state index contributed by atoms with van der Waals surface area (Å²) in [4.78, 5) is 12.3. The Kier molecular flexibility index (Phi) is 4.05. The van der Waals surface area contributed by atoms with Crippen LogP contribution in [0.3, 0.4) is 0 Å². The molecule has 25 heavy (non-hydrogen) atoms. The molecule has 0 atom stereocenters. The van der Waals surface area contributed by atoms with Gasteiger partial charge >= 0.3 is 0 Å². The number of allylic oxidation sites excluding steroid dienone is 1. The molecule has 4 rings (SSSR count). The van der Waals surface area contributed by atoms with Crippen molar-refractivity contribution in [3.05, 3.63) is 90.0 Å². The SMILES string of the molecule is O=C(/C=C/c1ccc(-c2ccccc2)cc1)c1ccc2c(c1)OCO2. The van der Waals surface area contributed by atoms with E-state index in [1.165, 1.54) is 5.56 Å². The van der Waals surface area contributed by atoms with Crippen molar-refractivity contribution in [1.82, 2.24) is 0 Å². The molecule has 3 heteroatoms. The Hall–Kier alpha value is -3.33. The number of carbonyl (C=O) groups excluding carboxylic acids is 1. The number of hydrogen-bond acceptors (Lipinski definition) is 3. The van der Waals surface area contributed by atoms with Crippen LogP contribution >= 0.6 is 0 Å². The minimum absolute atomic E-state index is 0.0644. The summed E-state index contributed by atoms with van der Waals surface area (Å²) >= 11 is 0. The zero-order valence-corrected chi connectivity index (χ0v) is 13.5. The summed E-state index contributed by atoms with van der Waals surface area (Å²) in [5, 5.41) is 0. The fourth-order valence-electron chi connectivity index (χ4n) is 2.74. The number of ether oxygens (including phenoxy) is 2. The van der Waals surface area contributed by atoms with Crippen LogP contribution in [0.4, 0.5) is 0 Å². The second-order valence-corrected chi connectivity index (χ2v) is 5.75. The summed E-state index contributed by atoms with van der Waals surface area (Å²) < 4.78 is 10.6. The zero-order valence-electron chi connectivity index (χ0n) is 13.5. The van der Waals surface area contributed by atoms with Crippen LogP contribution in [-0.2, 0) is 0 Å². The molecule has 1 aliphatic rings. The van der Waals surface area contributed by atoms with Gasteiger partial charge in [-0.2, -0.15) is 0 Å². The third-order valence-corrected chi connectivity index (χ3v) is 4.10. The van der Waals surface area contributed by atoms with E-state index in [9.17, 15) is 4.79 Å². The van der Waals surface area contributed by atoms with Crippen molar-refractivity contribution in [3.8, 4) is 22.6 Å². The molecule has 0 bridgehead atoms. The summed E-state index contributed by atoms with van der Waals surface area (Å²) in [5.74, 6) is 1.23. The Labute approximate surface area is 146 Å². The van der Waals surface area contributed by atoms with Crippen LogP contribution in [0, 0.1) is 0 Å². The molecular formula is C22H16O3. The smallest absolute Gasteiger partial charge is 0.231 e. The van der Waals surface area contributed by atoms with Crippen molar-refractivity contribution < 1.29 is 14.3 Å². The first-order valence-corrected chi connectivity index (χ1v) is 8.07. The first-order valence-electron chi connectivity index (χ1n) is 8.07. The van der Waals surface area contributed by atoms with Crippen molar-refractivity contribution in [3.63, 3.8) is 0 Å². The molecule has 0 spiro atoms. The van der Waals surface area contributed by atoms with Crippen molar-refractivity contribution in [2.24, 2.45) is 0 Å². The number of fused-ring (bicyclic) bond motifs is 1. The quantitative estimate of drug-likeness (QED) is 0.500. The largest absolute Gasteiger partial charge is 0.454 e. The van der Waals surface area contributed by atoms with Gasteiger partial charge in [-0.1, -0.05) is 60.7 Å². The highest BCUT2D eigenvalue weighted by atomic mass is 16.7. The van der Waals surface area contributed by atoms with E-state index in [1.54, 1.807) is 24.3 Å². The molecule has 0 saturated carbocycles. The summed E-state index contributed by atoms with van der Waals surface area (Å²) in [6.45, 7) is 0.205. The molecule has 0 amide bonds. The second kappa shape index (κ2) is 6.65. The molecule has 1 heterocycles. The van der Waals surface area contributed by atoms with Gasteiger partial charge in [-0.05, 0) is 41.0 Å². The van der Waals surface area contributed by atoms with Crippen LogP contribution in [0.1, 0.15) is 15.9 Å². The lowest BCUT2D eigenvalue weighted by atomic mass is 10.0. The van der Waals surface area contributed by atoms with E-state index >= 15 is 0 Å². The average molecular weight is 328 g/mol. The minimum atomic E-state index is -0.0644. The van der Waals surface area contributed by atoms with Gasteiger partial charge in [0.05, 0.1) is 0 Å². The van der Waals surface area contributed by atoms with Crippen molar-refractivity contribution in [2.75, 3.05) is 6.79 Å². The Morgan fingerprint density at radius 1 is 0.800 bits per heavy atom. The predicted molar refractivity (Wildman–Crippen MR) is 97.8 cm³/mol. The van der Waals surface area contributed by atoms with Gasteiger partial charge in [0.1, 0.15) is 0 Å². The number of ketones is 1. The van der Waals surface area contributed by atoms with Gasteiger partial charge in [-0.15, -0.1) is 0 Å². The van der Waals surface area contributed by atoms with Gasteiger partial charge in [-0.3, -0.25) is 4.79 Å². The summed E-state index contributed by atoms with van der Waals surface area (Å²) in [7, 11) is 0. The normalized spacial score (nSPS) is 12.5. The third-order valence-electron chi connectivity index (χ3n) is 4.10. The van der Waals surface area contributed by atoms with Crippen LogP contribution in [0.5, 0.6) is 11.5 Å². The first-order chi connectivity index (χ1) is 12.3. The predicted octanol–water partition coefficient (Wildman–Crippen LogP) is 4.98. The lowest BCUT2D eigenvalue weighted by Crippen LogP contribution is -1.94. The van der Waals surface area contributed by atoms with Crippen LogP contribution in [0.2, 0.25) is 0 Å². The third kappa shape index (κ3) is 3.31. The van der Waals surface area contributed by atoms with E-state index in [0.29, 0.717) is 17.1 Å². The molecule has 3 aromatic carbocycles. The van der Waals surface area contributed by atoms with E-state index in [2.05, 4.69) is 24.3 Å². The van der Waals surface area contributed by atoms with Gasteiger partial charge in [0, 0.05) is 5.56 Å². The summed E-state index contributed by atoms with van der Waals surface area (Å²) in [6, 6.07) is 23.5. The number of benzene rings is 3. The molecule has 3 aromatic rings. The Morgan fingerprint density at radius 2 is 1.52 bits per heavy atom. The van der Waals surface area contributed by atoms with Gasteiger partial charge in [0.2, 0.25) is 6.79 Å². The fraction of sp³-hybridized carbons (Fsp3) is 0.0455. The molecule has 1 aliphatic heterocycles. The highest BCUT2D eigenvalue weighted by Crippen LogP contribution is 2.32. The van der Waals surface area contributed by atoms with Gasteiger partial charge in [0.15, 0.2) is 17.3 Å². The first kappa shape index (κ1) is 15.2. The van der Waals surface area contributed by atoms with E-state index in [4.69, 9.17) is 9.47 Å². The van der Waals surface area contributed by atoms with Crippen molar-refractivity contribution in [1.29, 1.82) is 0 Å². The monoisotopic (exact) mass is 328 g/mol. The van der Waals surface area contributed by atoms with Crippen molar-refractivity contribution >= 4 is 11.9 Å². The van der Waals surface area contributed by atoms with Crippen LogP contribution in [-0.4, -0.2) is 12.6 Å². The fourth-order valence-corrected chi connectivity index (χ4v) is 2.74. The maximum Gasteiger partial charge on any atom is 0.231 e. The van der Waals surface area contributed by atoms with Crippen molar-refractivity contribution in [2.45, 2.75) is 0 Å². The zero-order chi connectivity index (χ0) is 17.1. The topological polar surface area (TPSA) is 35.5 Å². The van der Waals surface area contributed by atoms with Crippen LogP contribution in [0.25, 0.3) is 17.2 Å². The highest BCUT2D eigenvalue weighted by molar-refractivity contribution is 6.07. The van der Waals surface area contributed by atoms with E-state index in [1.807, 2.05) is 36.4 Å². The van der Waals surface area contributed by atoms with Gasteiger partial charge < -0.3 is 9.47 Å². The van der Waals surface area contributed by atoms with E-state index < -0.39 is 0 Å². The molecule has 0 aromatic heterocycles. The standard InChI is InChI=1S/C22H16O3/c23-20(19-11-13-21-22(14-19)25-15-24-21)12-8-16-6-9-18(10-7-16)17-4-2-1-3-5-17/h1-14H,15H2/b12-8+. The lowest BCUT2D eigenvalue weighted by Gasteiger charge is -2.02. The molecule has 0 saturated heterocycles. The molecule has 0 fully saturated rings. The Bertz CT molecular complexity index is 925. The maximum absolute atomic E-state index is 12.3. The molecule has 122 valence electrons. The molecule has 3 nitrogen and oxygen atoms in total. The molecule has 0 unspecified atom stereocenters. The van der Waals surface area contributed by atoms with Crippen LogP contribution in [0.15, 0.2) is 78.9 Å². The number of hydrogen-bond donors (Lipinski definition) is 0. The van der Waals surface area contributed by atoms with Gasteiger partial charge in [-0.25, -0.2) is 0 Å². The Balaban J connectivity index is 1.49. The lowest BCUT2D eigenvalue weighted by molar-refractivity contribution is 0.104. The maximum atomic E-state index is 12.3. The number of rotatable bonds is 4. The molecule has 0 radical (unpaired) electrons. The summed E-state index contributed by atoms with van der Waals surface area (Å²) in [6.07, 6.45) is 3.40. The van der Waals surface area contributed by atoms with E-state index in [0.717, 1.165) is 11.1 Å². The molecule has 0 N–H and O–H groups in total. The van der Waals surface area contributed by atoms with E-state index in [-0.39, 0.29) is 12.6 Å².